The maximum Gasteiger partial charge on any atom is 0.263 e. The summed E-state index contributed by atoms with van der Waals surface area (Å²) in [6.07, 6.45) is 3.53. The molecule has 0 aliphatic carbocycles. The van der Waals surface area contributed by atoms with E-state index in [4.69, 9.17) is 22.1 Å². The predicted molar refractivity (Wildman–Crippen MR) is 128 cm³/mol. The van der Waals surface area contributed by atoms with Crippen LogP contribution in [-0.4, -0.2) is 42.3 Å². The zero-order valence-electron chi connectivity index (χ0n) is 18.9. The van der Waals surface area contributed by atoms with Crippen LogP contribution >= 0.6 is 11.6 Å². The van der Waals surface area contributed by atoms with Gasteiger partial charge in [-0.05, 0) is 68.1 Å². The Hall–Kier alpha value is -2.90. The molecular weight excluding hydrogens is 442 g/mol. The highest BCUT2D eigenvalue weighted by Crippen LogP contribution is 2.31. The highest BCUT2D eigenvalue weighted by Gasteiger charge is 2.34. The molecule has 0 aromatic heterocycles. The SMILES string of the molecule is CCCC(=O)N1CC(=O)N(Cc2ccc(Cl)cc2)c2ccc(OCCCCCN)cc2C1=O. The lowest BCUT2D eigenvalue weighted by atomic mass is 10.1. The van der Waals surface area contributed by atoms with E-state index in [1.165, 1.54) is 0 Å². The molecule has 7 nitrogen and oxygen atoms in total. The number of carbonyl (C=O) groups is 3. The molecule has 0 bridgehead atoms. The van der Waals surface area contributed by atoms with E-state index in [9.17, 15) is 14.4 Å². The van der Waals surface area contributed by atoms with Gasteiger partial charge in [0.2, 0.25) is 11.8 Å². The fraction of sp³-hybridized carbons (Fsp3) is 0.400. The maximum absolute atomic E-state index is 13.3. The van der Waals surface area contributed by atoms with Crippen LogP contribution in [0.25, 0.3) is 0 Å². The van der Waals surface area contributed by atoms with Gasteiger partial charge in [-0.15, -0.1) is 0 Å². The van der Waals surface area contributed by atoms with E-state index in [0.717, 1.165) is 29.7 Å². The summed E-state index contributed by atoms with van der Waals surface area (Å²) in [5.74, 6) is -0.636. The Morgan fingerprint density at radius 2 is 1.85 bits per heavy atom. The summed E-state index contributed by atoms with van der Waals surface area (Å²) in [7, 11) is 0. The van der Waals surface area contributed by atoms with Gasteiger partial charge in [0.1, 0.15) is 12.3 Å². The molecule has 1 heterocycles. The first kappa shape index (κ1) is 24.7. The number of hydrogen-bond donors (Lipinski definition) is 1. The second kappa shape index (κ2) is 11.8. The molecule has 33 heavy (non-hydrogen) atoms. The summed E-state index contributed by atoms with van der Waals surface area (Å²) in [4.78, 5) is 41.8. The summed E-state index contributed by atoms with van der Waals surface area (Å²) in [5, 5.41) is 0.598. The summed E-state index contributed by atoms with van der Waals surface area (Å²) in [6, 6.07) is 12.3. The van der Waals surface area contributed by atoms with Crippen LogP contribution in [0.3, 0.4) is 0 Å². The first-order valence-electron chi connectivity index (χ1n) is 11.3. The minimum absolute atomic E-state index is 0.197. The quantitative estimate of drug-likeness (QED) is 0.525. The van der Waals surface area contributed by atoms with Crippen molar-refractivity contribution in [1.82, 2.24) is 4.90 Å². The molecular formula is C25H30ClN3O4. The number of rotatable bonds is 10. The molecule has 3 amide bonds. The van der Waals surface area contributed by atoms with Crippen molar-refractivity contribution < 1.29 is 19.1 Å². The lowest BCUT2D eigenvalue weighted by molar-refractivity contribution is -0.132. The highest BCUT2D eigenvalue weighted by molar-refractivity contribution is 6.30. The van der Waals surface area contributed by atoms with Crippen LogP contribution in [0.1, 0.15) is 54.9 Å². The zero-order chi connectivity index (χ0) is 23.8. The first-order chi connectivity index (χ1) is 15.9. The number of unbranched alkanes of at least 4 members (excludes halogenated alkanes) is 2. The lowest BCUT2D eigenvalue weighted by Crippen LogP contribution is -2.42. The average Bonchev–Trinajstić information content (AvgIpc) is 2.91. The Kier molecular flexibility index (Phi) is 8.86. The third kappa shape index (κ3) is 6.33. The molecule has 0 spiro atoms. The number of hydrogen-bond acceptors (Lipinski definition) is 5. The van der Waals surface area contributed by atoms with Crippen molar-refractivity contribution in [2.45, 2.75) is 45.6 Å². The fourth-order valence-electron chi connectivity index (χ4n) is 3.69. The summed E-state index contributed by atoms with van der Waals surface area (Å²) in [6.45, 7) is 2.96. The van der Waals surface area contributed by atoms with E-state index in [1.807, 2.05) is 19.1 Å². The van der Waals surface area contributed by atoms with Crippen LogP contribution in [0.15, 0.2) is 42.5 Å². The van der Waals surface area contributed by atoms with Crippen molar-refractivity contribution in [3.8, 4) is 5.75 Å². The standard InChI is InChI=1S/C25H30ClN3O4/c1-2-6-23(30)29-17-24(31)28(16-18-7-9-19(26)10-8-18)22-12-11-20(15-21(22)25(29)32)33-14-5-3-4-13-27/h7-12,15H,2-6,13-14,16-17,27H2,1H3. The topological polar surface area (TPSA) is 92.9 Å². The van der Waals surface area contributed by atoms with Gasteiger partial charge in [0.05, 0.1) is 24.4 Å². The molecule has 0 atom stereocenters. The van der Waals surface area contributed by atoms with Crippen LogP contribution in [0.4, 0.5) is 5.69 Å². The molecule has 2 aromatic carbocycles. The van der Waals surface area contributed by atoms with Gasteiger partial charge in [-0.25, -0.2) is 0 Å². The molecule has 2 aromatic rings. The van der Waals surface area contributed by atoms with Crippen LogP contribution < -0.4 is 15.4 Å². The zero-order valence-corrected chi connectivity index (χ0v) is 19.6. The third-order valence-corrected chi connectivity index (χ3v) is 5.72. The van der Waals surface area contributed by atoms with Crippen LogP contribution in [0.2, 0.25) is 5.02 Å². The van der Waals surface area contributed by atoms with Crippen molar-refractivity contribution in [2.75, 3.05) is 24.6 Å². The van der Waals surface area contributed by atoms with Gasteiger partial charge in [-0.3, -0.25) is 19.3 Å². The van der Waals surface area contributed by atoms with E-state index in [0.29, 0.717) is 36.0 Å². The molecule has 3 rings (SSSR count). The molecule has 0 fully saturated rings. The van der Waals surface area contributed by atoms with Gasteiger partial charge in [-0.2, -0.15) is 0 Å². The van der Waals surface area contributed by atoms with Crippen molar-refractivity contribution in [3.05, 3.63) is 58.6 Å². The minimum Gasteiger partial charge on any atom is -0.494 e. The molecule has 0 saturated heterocycles. The van der Waals surface area contributed by atoms with Gasteiger partial charge in [-0.1, -0.05) is 30.7 Å². The molecule has 176 valence electrons. The van der Waals surface area contributed by atoms with Gasteiger partial charge < -0.3 is 15.4 Å². The van der Waals surface area contributed by atoms with E-state index in [1.54, 1.807) is 35.2 Å². The van der Waals surface area contributed by atoms with Crippen molar-refractivity contribution >= 4 is 35.0 Å². The minimum atomic E-state index is -0.482. The van der Waals surface area contributed by atoms with Gasteiger partial charge in [0.15, 0.2) is 0 Å². The van der Waals surface area contributed by atoms with Gasteiger partial charge >= 0.3 is 0 Å². The van der Waals surface area contributed by atoms with Crippen molar-refractivity contribution in [2.24, 2.45) is 5.73 Å². The van der Waals surface area contributed by atoms with E-state index < -0.39 is 5.91 Å². The number of imide groups is 1. The predicted octanol–water partition coefficient (Wildman–Crippen LogP) is 4.16. The Bertz CT molecular complexity index is 994. The molecule has 0 saturated carbocycles. The number of carbonyl (C=O) groups excluding carboxylic acids is 3. The lowest BCUT2D eigenvalue weighted by Gasteiger charge is -2.23. The Morgan fingerprint density at radius 3 is 2.55 bits per heavy atom. The Balaban J connectivity index is 1.92. The summed E-state index contributed by atoms with van der Waals surface area (Å²) < 4.78 is 5.83. The van der Waals surface area contributed by atoms with Gasteiger partial charge in [0, 0.05) is 11.4 Å². The van der Waals surface area contributed by atoms with Crippen LogP contribution in [0.5, 0.6) is 5.75 Å². The molecule has 0 radical (unpaired) electrons. The van der Waals surface area contributed by atoms with Crippen molar-refractivity contribution in [1.29, 1.82) is 0 Å². The maximum atomic E-state index is 13.3. The van der Waals surface area contributed by atoms with E-state index >= 15 is 0 Å². The highest BCUT2D eigenvalue weighted by atomic mass is 35.5. The van der Waals surface area contributed by atoms with E-state index in [2.05, 4.69) is 0 Å². The number of nitrogens with zero attached hydrogens (tertiary/aromatic N) is 2. The molecule has 8 heteroatoms. The van der Waals surface area contributed by atoms with Crippen LogP contribution in [0, 0.1) is 0 Å². The smallest absolute Gasteiger partial charge is 0.263 e. The number of amides is 3. The fourth-order valence-corrected chi connectivity index (χ4v) is 3.82. The Labute approximate surface area is 199 Å². The van der Waals surface area contributed by atoms with Gasteiger partial charge in [0.25, 0.3) is 5.91 Å². The molecule has 1 aliphatic heterocycles. The largest absolute Gasteiger partial charge is 0.494 e. The number of nitrogens with two attached hydrogens (primary N) is 1. The Morgan fingerprint density at radius 1 is 1.09 bits per heavy atom. The summed E-state index contributed by atoms with van der Waals surface area (Å²) >= 11 is 5.99. The number of anilines is 1. The monoisotopic (exact) mass is 471 g/mol. The molecule has 2 N–H and O–H groups in total. The second-order valence-corrected chi connectivity index (χ2v) is 8.45. The number of fused-ring (bicyclic) bond motifs is 1. The molecule has 0 unspecified atom stereocenters. The number of halogens is 1. The first-order valence-corrected chi connectivity index (χ1v) is 11.7. The molecule has 1 aliphatic rings. The normalized spacial score (nSPS) is 13.7. The number of benzene rings is 2. The number of ether oxygens (including phenoxy) is 1. The van der Waals surface area contributed by atoms with Crippen molar-refractivity contribution in [3.63, 3.8) is 0 Å². The van der Waals surface area contributed by atoms with E-state index in [-0.39, 0.29) is 36.9 Å². The average molecular weight is 472 g/mol. The van der Waals surface area contributed by atoms with Crippen LogP contribution in [-0.2, 0) is 16.1 Å². The third-order valence-electron chi connectivity index (χ3n) is 5.46. The summed E-state index contributed by atoms with van der Waals surface area (Å²) in [5.41, 5.74) is 7.12. The second-order valence-electron chi connectivity index (χ2n) is 8.02.